The van der Waals surface area contributed by atoms with Crippen LogP contribution in [0.2, 0.25) is 0 Å². The van der Waals surface area contributed by atoms with Crippen molar-refractivity contribution in [3.05, 3.63) is 29.3 Å². The highest BCUT2D eigenvalue weighted by Crippen LogP contribution is 2.55. The summed E-state index contributed by atoms with van der Waals surface area (Å²) in [6.07, 6.45) is 11.5. The van der Waals surface area contributed by atoms with E-state index in [0.717, 1.165) is 54.7 Å². The molecule has 1 aromatic rings. The van der Waals surface area contributed by atoms with Crippen LogP contribution in [0.25, 0.3) is 0 Å². The smallest absolute Gasteiger partial charge is 0.315 e. The summed E-state index contributed by atoms with van der Waals surface area (Å²) in [5.74, 6) is 2.86. The van der Waals surface area contributed by atoms with Gasteiger partial charge < -0.3 is 21.1 Å². The van der Waals surface area contributed by atoms with Crippen molar-refractivity contribution < 1.29 is 14.3 Å². The van der Waals surface area contributed by atoms with Crippen LogP contribution in [-0.2, 0) is 0 Å². The number of nitrogens with one attached hydrogen (secondary N) is 2. The highest BCUT2D eigenvalue weighted by Gasteiger charge is 2.51. The van der Waals surface area contributed by atoms with Crippen molar-refractivity contribution in [3.8, 4) is 5.75 Å². The Labute approximate surface area is 184 Å². The fraction of sp³-hybridized carbons (Fsp3) is 0.680. The lowest BCUT2D eigenvalue weighted by molar-refractivity contribution is -0.0138. The number of ether oxygens (including phenoxy) is 1. The third kappa shape index (κ3) is 4.39. The van der Waals surface area contributed by atoms with Gasteiger partial charge in [-0.05, 0) is 113 Å². The van der Waals surface area contributed by atoms with Crippen molar-refractivity contribution >= 4 is 11.9 Å². The summed E-state index contributed by atoms with van der Waals surface area (Å²) in [6.45, 7) is 1.87. The number of hydrogen-bond donors (Lipinski definition) is 3. The summed E-state index contributed by atoms with van der Waals surface area (Å²) in [7, 11) is 0. The van der Waals surface area contributed by atoms with Crippen LogP contribution in [0.15, 0.2) is 18.2 Å². The maximum Gasteiger partial charge on any atom is 0.315 e. The molecule has 5 aliphatic carbocycles. The normalized spacial score (nSPS) is 36.1. The maximum atomic E-state index is 12.8. The molecular weight excluding hydrogens is 390 g/mol. The molecule has 0 aliphatic heterocycles. The van der Waals surface area contributed by atoms with E-state index in [2.05, 4.69) is 10.6 Å². The molecule has 5 fully saturated rings. The van der Waals surface area contributed by atoms with E-state index in [0.29, 0.717) is 5.56 Å². The van der Waals surface area contributed by atoms with Gasteiger partial charge in [0.05, 0.1) is 6.10 Å². The highest BCUT2D eigenvalue weighted by molar-refractivity contribution is 5.94. The Morgan fingerprint density at radius 1 is 1.00 bits per heavy atom. The van der Waals surface area contributed by atoms with Gasteiger partial charge in [0.1, 0.15) is 5.75 Å². The van der Waals surface area contributed by atoms with Gasteiger partial charge in [0.2, 0.25) is 5.91 Å². The SMILES string of the molecule is Cc1cc(OC2CCC(NC(=O)NC34CC5CC(CC(C5)C3)C4)CC2)ccc1C(N)=O. The van der Waals surface area contributed by atoms with E-state index in [4.69, 9.17) is 10.5 Å². The number of aryl methyl sites for hydroxylation is 1. The predicted octanol–water partition coefficient (Wildman–Crippen LogP) is 4.05. The molecule has 31 heavy (non-hydrogen) atoms. The third-order valence-corrected chi connectivity index (χ3v) is 8.19. The average molecular weight is 426 g/mol. The van der Waals surface area contributed by atoms with Crippen molar-refractivity contribution in [2.45, 2.75) is 88.8 Å². The molecule has 3 amide bonds. The first kappa shape index (κ1) is 20.7. The Morgan fingerprint density at radius 3 is 2.16 bits per heavy atom. The number of primary amides is 1. The van der Waals surface area contributed by atoms with Crippen molar-refractivity contribution in [2.24, 2.45) is 23.5 Å². The number of benzene rings is 1. The number of rotatable bonds is 5. The number of nitrogens with two attached hydrogens (primary N) is 1. The van der Waals surface area contributed by atoms with Gasteiger partial charge in [-0.25, -0.2) is 4.79 Å². The summed E-state index contributed by atoms with van der Waals surface area (Å²) in [5, 5.41) is 6.67. The lowest BCUT2D eigenvalue weighted by atomic mass is 9.53. The molecule has 0 heterocycles. The van der Waals surface area contributed by atoms with E-state index in [1.807, 2.05) is 19.1 Å². The molecule has 0 spiro atoms. The molecule has 5 saturated carbocycles. The Kier molecular flexibility index (Phi) is 5.35. The van der Waals surface area contributed by atoms with Crippen LogP contribution in [0.4, 0.5) is 4.79 Å². The van der Waals surface area contributed by atoms with Crippen molar-refractivity contribution in [2.75, 3.05) is 0 Å². The molecule has 168 valence electrons. The summed E-state index contributed by atoms with van der Waals surface area (Å²) >= 11 is 0. The van der Waals surface area contributed by atoms with Crippen molar-refractivity contribution in [1.29, 1.82) is 0 Å². The first-order valence-corrected chi connectivity index (χ1v) is 12.0. The van der Waals surface area contributed by atoms with E-state index in [9.17, 15) is 9.59 Å². The number of hydrogen-bond acceptors (Lipinski definition) is 3. The second-order valence-corrected chi connectivity index (χ2v) is 10.7. The van der Waals surface area contributed by atoms with Gasteiger partial charge >= 0.3 is 6.03 Å². The topological polar surface area (TPSA) is 93.4 Å². The minimum atomic E-state index is -0.414. The number of amides is 3. The molecule has 0 radical (unpaired) electrons. The van der Waals surface area contributed by atoms with E-state index in [1.165, 1.54) is 38.5 Å². The lowest BCUT2D eigenvalue weighted by Crippen LogP contribution is -2.62. The fourth-order valence-corrected chi connectivity index (χ4v) is 7.23. The molecule has 0 atom stereocenters. The monoisotopic (exact) mass is 425 g/mol. The van der Waals surface area contributed by atoms with Crippen LogP contribution in [0.5, 0.6) is 5.75 Å². The molecule has 6 nitrogen and oxygen atoms in total. The van der Waals surface area contributed by atoms with Gasteiger partial charge in [-0.15, -0.1) is 0 Å². The minimum Gasteiger partial charge on any atom is -0.490 e. The second kappa shape index (κ2) is 8.03. The van der Waals surface area contributed by atoms with Gasteiger partial charge in [0, 0.05) is 17.1 Å². The first-order valence-electron chi connectivity index (χ1n) is 12.0. The Hall–Kier alpha value is -2.24. The van der Waals surface area contributed by atoms with Crippen LogP contribution in [-0.4, -0.2) is 29.6 Å². The fourth-order valence-electron chi connectivity index (χ4n) is 7.23. The Bertz CT molecular complexity index is 824. The van der Waals surface area contributed by atoms with Crippen molar-refractivity contribution in [1.82, 2.24) is 10.6 Å². The zero-order valence-electron chi connectivity index (χ0n) is 18.5. The largest absolute Gasteiger partial charge is 0.490 e. The molecular formula is C25H35N3O3. The first-order chi connectivity index (χ1) is 14.9. The molecule has 6 heteroatoms. The van der Waals surface area contributed by atoms with Gasteiger partial charge in [0.15, 0.2) is 0 Å². The highest BCUT2D eigenvalue weighted by atomic mass is 16.5. The third-order valence-electron chi connectivity index (χ3n) is 8.19. The zero-order chi connectivity index (χ0) is 21.6. The van der Waals surface area contributed by atoms with Crippen LogP contribution in [0, 0.1) is 24.7 Å². The number of urea groups is 1. The molecule has 5 aliphatic rings. The maximum absolute atomic E-state index is 12.8. The summed E-state index contributed by atoms with van der Waals surface area (Å²) in [5.41, 5.74) is 6.81. The molecule has 4 N–H and O–H groups in total. The van der Waals surface area contributed by atoms with E-state index in [-0.39, 0.29) is 23.7 Å². The van der Waals surface area contributed by atoms with Gasteiger partial charge in [0.25, 0.3) is 0 Å². The van der Waals surface area contributed by atoms with E-state index in [1.54, 1.807) is 6.07 Å². The average Bonchev–Trinajstić information content (AvgIpc) is 2.67. The molecule has 0 aromatic heterocycles. The summed E-state index contributed by atoms with van der Waals surface area (Å²) < 4.78 is 6.13. The Morgan fingerprint density at radius 2 is 1.61 bits per heavy atom. The standard InChI is InChI=1S/C25H35N3O3/c1-15-8-21(6-7-22(15)23(26)29)31-20-4-2-19(3-5-20)27-24(30)28-25-12-16-9-17(13-25)11-18(10-16)14-25/h6-8,16-20H,2-5,9-14H2,1H3,(H2,26,29)(H2,27,28,30). The zero-order valence-corrected chi connectivity index (χ0v) is 18.5. The molecule has 1 aromatic carbocycles. The molecule has 0 saturated heterocycles. The number of carbonyl (C=O) groups excluding carboxylic acids is 2. The van der Waals surface area contributed by atoms with Gasteiger partial charge in [-0.3, -0.25) is 4.79 Å². The quantitative estimate of drug-likeness (QED) is 0.664. The second-order valence-electron chi connectivity index (χ2n) is 10.7. The van der Waals surface area contributed by atoms with Crippen LogP contribution >= 0.6 is 0 Å². The Balaban J connectivity index is 1.09. The van der Waals surface area contributed by atoms with Gasteiger partial charge in [-0.2, -0.15) is 0 Å². The molecule has 4 bridgehead atoms. The van der Waals surface area contributed by atoms with Crippen molar-refractivity contribution in [3.63, 3.8) is 0 Å². The van der Waals surface area contributed by atoms with Crippen LogP contribution in [0.3, 0.4) is 0 Å². The predicted molar refractivity (Wildman–Crippen MR) is 119 cm³/mol. The van der Waals surface area contributed by atoms with Gasteiger partial charge in [-0.1, -0.05) is 0 Å². The minimum absolute atomic E-state index is 0.0315. The summed E-state index contributed by atoms with van der Waals surface area (Å²) in [6, 6.07) is 5.67. The summed E-state index contributed by atoms with van der Waals surface area (Å²) in [4.78, 5) is 24.2. The van der Waals surface area contributed by atoms with Crippen LogP contribution in [0.1, 0.15) is 80.1 Å². The molecule has 0 unspecified atom stereocenters. The van der Waals surface area contributed by atoms with Crippen LogP contribution < -0.4 is 21.1 Å². The van der Waals surface area contributed by atoms with E-state index < -0.39 is 5.91 Å². The van der Waals surface area contributed by atoms with E-state index >= 15 is 0 Å². The lowest BCUT2D eigenvalue weighted by Gasteiger charge is -2.56. The molecule has 6 rings (SSSR count). The number of carbonyl (C=O) groups is 2.